The van der Waals surface area contributed by atoms with Crippen LogP contribution in [0.2, 0.25) is 0 Å². The largest absolute Gasteiger partial charge is 0.256 e. The van der Waals surface area contributed by atoms with Crippen molar-refractivity contribution in [1.82, 2.24) is 24.9 Å². The highest BCUT2D eigenvalue weighted by molar-refractivity contribution is 5.75. The summed E-state index contributed by atoms with van der Waals surface area (Å²) in [6, 6.07) is 45.1. The molecule has 3 aromatic heterocycles. The van der Waals surface area contributed by atoms with Gasteiger partial charge in [-0.25, -0.2) is 15.0 Å². The molecule has 0 N–H and O–H groups in total. The number of hydrogen-bond acceptors (Lipinski definition) is 5. The van der Waals surface area contributed by atoms with Crippen LogP contribution in [0.1, 0.15) is 5.56 Å². The standard InChI is InChI=1S/C38H27N5/c1-26-17-19-27(20-18-26)28-9-6-12-31(23-28)36-41-37(32-13-7-10-29(24-32)34-15-2-4-21-39-34)43-38(42-36)33-14-8-11-30(25-33)35-16-3-5-22-40-35/h2-25H,1H3. The second kappa shape index (κ2) is 11.6. The molecule has 0 atom stereocenters. The maximum Gasteiger partial charge on any atom is 0.164 e. The van der Waals surface area contributed by atoms with E-state index in [9.17, 15) is 0 Å². The number of nitrogens with zero attached hydrogens (tertiary/aromatic N) is 5. The Labute approximate surface area is 250 Å². The second-order valence-electron chi connectivity index (χ2n) is 10.3. The van der Waals surface area contributed by atoms with Gasteiger partial charge in [0, 0.05) is 40.2 Å². The molecule has 5 nitrogen and oxygen atoms in total. The first-order valence-electron chi connectivity index (χ1n) is 14.2. The van der Waals surface area contributed by atoms with E-state index in [2.05, 4.69) is 89.7 Å². The average molecular weight is 554 g/mol. The van der Waals surface area contributed by atoms with E-state index in [1.807, 2.05) is 60.7 Å². The molecular formula is C38H27N5. The summed E-state index contributed by atoms with van der Waals surface area (Å²) in [7, 11) is 0. The summed E-state index contributed by atoms with van der Waals surface area (Å²) in [5.41, 5.74) is 9.98. The fourth-order valence-corrected chi connectivity index (χ4v) is 5.05. The van der Waals surface area contributed by atoms with Crippen molar-refractivity contribution < 1.29 is 0 Å². The summed E-state index contributed by atoms with van der Waals surface area (Å²) in [4.78, 5) is 24.1. The Balaban J connectivity index is 1.37. The smallest absolute Gasteiger partial charge is 0.164 e. The molecule has 0 amide bonds. The highest BCUT2D eigenvalue weighted by atomic mass is 15.0. The minimum atomic E-state index is 0.599. The molecule has 3 heterocycles. The quantitative estimate of drug-likeness (QED) is 0.206. The molecule has 204 valence electrons. The summed E-state index contributed by atoms with van der Waals surface area (Å²) in [5.74, 6) is 1.81. The third-order valence-corrected chi connectivity index (χ3v) is 7.30. The van der Waals surface area contributed by atoms with Crippen LogP contribution in [0.4, 0.5) is 0 Å². The molecule has 0 saturated heterocycles. The average Bonchev–Trinajstić information content (AvgIpc) is 3.09. The second-order valence-corrected chi connectivity index (χ2v) is 10.3. The van der Waals surface area contributed by atoms with Gasteiger partial charge in [0.15, 0.2) is 17.5 Å². The summed E-state index contributed by atoms with van der Waals surface area (Å²) < 4.78 is 0. The number of hydrogen-bond donors (Lipinski definition) is 0. The fourth-order valence-electron chi connectivity index (χ4n) is 5.05. The molecule has 0 aliphatic rings. The molecule has 0 radical (unpaired) electrons. The van der Waals surface area contributed by atoms with Crippen molar-refractivity contribution in [3.05, 3.63) is 151 Å². The van der Waals surface area contributed by atoms with Crippen LogP contribution in [0, 0.1) is 6.92 Å². The molecule has 0 aliphatic heterocycles. The van der Waals surface area contributed by atoms with Gasteiger partial charge in [0.05, 0.1) is 11.4 Å². The lowest BCUT2D eigenvalue weighted by Gasteiger charge is -2.11. The maximum absolute atomic E-state index is 5.01. The lowest BCUT2D eigenvalue weighted by Crippen LogP contribution is -2.00. The van der Waals surface area contributed by atoms with E-state index in [-0.39, 0.29) is 0 Å². The van der Waals surface area contributed by atoms with E-state index in [1.165, 1.54) is 5.56 Å². The third-order valence-electron chi connectivity index (χ3n) is 7.30. The van der Waals surface area contributed by atoms with Crippen molar-refractivity contribution in [3.63, 3.8) is 0 Å². The zero-order valence-corrected chi connectivity index (χ0v) is 23.6. The molecular weight excluding hydrogens is 526 g/mol. The van der Waals surface area contributed by atoms with E-state index in [0.717, 1.165) is 50.3 Å². The van der Waals surface area contributed by atoms with Gasteiger partial charge in [-0.3, -0.25) is 9.97 Å². The molecule has 0 unspecified atom stereocenters. The Morgan fingerprint density at radius 3 is 1.21 bits per heavy atom. The van der Waals surface area contributed by atoms with Crippen LogP contribution < -0.4 is 0 Å². The normalized spacial score (nSPS) is 10.9. The summed E-state index contributed by atoms with van der Waals surface area (Å²) in [6.45, 7) is 2.10. The van der Waals surface area contributed by atoms with Crippen LogP contribution in [-0.4, -0.2) is 24.9 Å². The first kappa shape index (κ1) is 26.1. The number of aromatic nitrogens is 5. The predicted molar refractivity (Wildman–Crippen MR) is 173 cm³/mol. The molecule has 7 rings (SSSR count). The van der Waals surface area contributed by atoms with Crippen LogP contribution in [0.25, 0.3) is 67.8 Å². The Kier molecular flexibility index (Phi) is 7.04. The number of benzene rings is 4. The Morgan fingerprint density at radius 2 is 0.767 bits per heavy atom. The minimum absolute atomic E-state index is 0.599. The molecule has 0 fully saturated rings. The van der Waals surface area contributed by atoms with Crippen molar-refractivity contribution >= 4 is 0 Å². The van der Waals surface area contributed by atoms with E-state index >= 15 is 0 Å². The van der Waals surface area contributed by atoms with Crippen LogP contribution in [0.3, 0.4) is 0 Å². The summed E-state index contributed by atoms with van der Waals surface area (Å²) in [6.07, 6.45) is 3.60. The molecule has 7 aromatic rings. The predicted octanol–water partition coefficient (Wildman–Crippen LogP) is 8.97. The van der Waals surface area contributed by atoms with E-state index in [1.54, 1.807) is 12.4 Å². The lowest BCUT2D eigenvalue weighted by atomic mass is 10.0. The van der Waals surface area contributed by atoms with Gasteiger partial charge >= 0.3 is 0 Å². The molecule has 0 saturated carbocycles. The summed E-state index contributed by atoms with van der Waals surface area (Å²) in [5, 5.41) is 0. The van der Waals surface area contributed by atoms with Crippen LogP contribution >= 0.6 is 0 Å². The topological polar surface area (TPSA) is 64.5 Å². The molecule has 43 heavy (non-hydrogen) atoms. The van der Waals surface area contributed by atoms with Gasteiger partial charge in [-0.05, 0) is 60.5 Å². The van der Waals surface area contributed by atoms with Gasteiger partial charge in [-0.1, -0.05) is 96.6 Å². The Bertz CT molecular complexity index is 1920. The van der Waals surface area contributed by atoms with E-state index in [0.29, 0.717) is 17.5 Å². The van der Waals surface area contributed by atoms with Crippen LogP contribution in [0.5, 0.6) is 0 Å². The van der Waals surface area contributed by atoms with Gasteiger partial charge < -0.3 is 0 Å². The fraction of sp³-hybridized carbons (Fsp3) is 0.0263. The number of aryl methyl sites for hydroxylation is 1. The Hall–Kier alpha value is -5.81. The molecule has 0 bridgehead atoms. The van der Waals surface area contributed by atoms with Crippen molar-refractivity contribution in [3.8, 4) is 67.8 Å². The van der Waals surface area contributed by atoms with Crippen molar-refractivity contribution in [2.75, 3.05) is 0 Å². The lowest BCUT2D eigenvalue weighted by molar-refractivity contribution is 1.07. The number of pyridine rings is 2. The first-order chi connectivity index (χ1) is 21.2. The SMILES string of the molecule is Cc1ccc(-c2cccc(-c3nc(-c4cccc(-c5ccccn5)c4)nc(-c4cccc(-c5ccccn5)c4)n3)c2)cc1. The van der Waals surface area contributed by atoms with Crippen molar-refractivity contribution in [1.29, 1.82) is 0 Å². The van der Waals surface area contributed by atoms with Crippen LogP contribution in [-0.2, 0) is 0 Å². The Morgan fingerprint density at radius 1 is 0.349 bits per heavy atom. The zero-order valence-electron chi connectivity index (χ0n) is 23.6. The van der Waals surface area contributed by atoms with Crippen LogP contribution in [0.15, 0.2) is 146 Å². The van der Waals surface area contributed by atoms with Gasteiger partial charge in [0.2, 0.25) is 0 Å². The van der Waals surface area contributed by atoms with Crippen molar-refractivity contribution in [2.45, 2.75) is 6.92 Å². The molecule has 0 spiro atoms. The molecule has 5 heteroatoms. The maximum atomic E-state index is 5.01. The van der Waals surface area contributed by atoms with Gasteiger partial charge in [-0.15, -0.1) is 0 Å². The molecule has 0 aliphatic carbocycles. The van der Waals surface area contributed by atoms with Gasteiger partial charge in [-0.2, -0.15) is 0 Å². The number of rotatable bonds is 6. The molecule has 4 aromatic carbocycles. The van der Waals surface area contributed by atoms with E-state index in [4.69, 9.17) is 15.0 Å². The summed E-state index contributed by atoms with van der Waals surface area (Å²) >= 11 is 0. The first-order valence-corrected chi connectivity index (χ1v) is 14.2. The zero-order chi connectivity index (χ0) is 29.0. The van der Waals surface area contributed by atoms with Crippen molar-refractivity contribution in [2.24, 2.45) is 0 Å². The monoisotopic (exact) mass is 553 g/mol. The van der Waals surface area contributed by atoms with E-state index < -0.39 is 0 Å². The van der Waals surface area contributed by atoms with Gasteiger partial charge in [0.25, 0.3) is 0 Å². The van der Waals surface area contributed by atoms with Gasteiger partial charge in [0.1, 0.15) is 0 Å². The highest BCUT2D eigenvalue weighted by Crippen LogP contribution is 2.31. The third kappa shape index (κ3) is 5.69. The highest BCUT2D eigenvalue weighted by Gasteiger charge is 2.15. The minimum Gasteiger partial charge on any atom is -0.256 e.